The van der Waals surface area contributed by atoms with Crippen LogP contribution in [0.15, 0.2) is 18.2 Å². The van der Waals surface area contributed by atoms with Gasteiger partial charge in [0, 0.05) is 31.2 Å². The Morgan fingerprint density at radius 2 is 2.00 bits per heavy atom. The number of halogens is 1. The van der Waals surface area contributed by atoms with Crippen LogP contribution < -0.4 is 10.1 Å². The summed E-state index contributed by atoms with van der Waals surface area (Å²) in [5, 5.41) is 3.41. The van der Waals surface area contributed by atoms with Gasteiger partial charge in [-0.1, -0.05) is 11.6 Å². The summed E-state index contributed by atoms with van der Waals surface area (Å²) in [5.41, 5.74) is 0.596. The number of hydrogen-bond acceptors (Lipinski definition) is 3. The van der Waals surface area contributed by atoms with E-state index >= 15 is 0 Å². The van der Waals surface area contributed by atoms with Crippen LogP contribution in [-0.2, 0) is 0 Å². The number of carbonyl (C=O) groups excluding carboxylic acids is 1. The van der Waals surface area contributed by atoms with Gasteiger partial charge in [-0.2, -0.15) is 0 Å². The first-order valence-electron chi connectivity index (χ1n) is 6.18. The molecule has 1 fully saturated rings. The first kappa shape index (κ1) is 14.0. The maximum absolute atomic E-state index is 12.2. The van der Waals surface area contributed by atoms with Gasteiger partial charge in [0.05, 0.1) is 12.8 Å². The second kappa shape index (κ2) is 6.12. The molecule has 0 unspecified atom stereocenters. The molecule has 0 aromatic heterocycles. The molecule has 1 aromatic rings. The minimum Gasteiger partial charge on any atom is -0.495 e. The zero-order chi connectivity index (χ0) is 13.8. The molecule has 2 amide bonds. The Balaban J connectivity index is 2.04. The molecule has 0 radical (unpaired) electrons. The molecule has 0 atom stereocenters. The number of anilines is 1. The molecule has 2 rings (SSSR count). The second-order valence-corrected chi connectivity index (χ2v) is 5.00. The molecular weight excluding hydrogens is 266 g/mol. The molecule has 5 nitrogen and oxygen atoms in total. The first-order chi connectivity index (χ1) is 9.10. The fourth-order valence-corrected chi connectivity index (χ4v) is 2.15. The van der Waals surface area contributed by atoms with E-state index in [9.17, 15) is 4.79 Å². The third-order valence-corrected chi connectivity index (χ3v) is 3.43. The smallest absolute Gasteiger partial charge is 0.322 e. The zero-order valence-electron chi connectivity index (χ0n) is 11.1. The first-order valence-corrected chi connectivity index (χ1v) is 6.56. The third-order valence-electron chi connectivity index (χ3n) is 3.19. The SMILES string of the molecule is COc1ccc(Cl)cc1NC(=O)N1CCN(C)CC1. The number of nitrogens with zero attached hydrogens (tertiary/aromatic N) is 2. The number of hydrogen-bond donors (Lipinski definition) is 1. The van der Waals surface area contributed by atoms with Crippen molar-refractivity contribution >= 4 is 23.3 Å². The van der Waals surface area contributed by atoms with E-state index in [0.29, 0.717) is 16.5 Å². The van der Waals surface area contributed by atoms with Gasteiger partial charge in [-0.25, -0.2) is 4.79 Å². The van der Waals surface area contributed by atoms with Crippen LogP contribution in [0.3, 0.4) is 0 Å². The van der Waals surface area contributed by atoms with Gasteiger partial charge >= 0.3 is 6.03 Å². The minimum atomic E-state index is -0.117. The Kier molecular flexibility index (Phi) is 4.50. The van der Waals surface area contributed by atoms with Crippen molar-refractivity contribution in [2.75, 3.05) is 45.7 Å². The van der Waals surface area contributed by atoms with Crippen LogP contribution in [-0.4, -0.2) is 56.2 Å². The summed E-state index contributed by atoms with van der Waals surface area (Å²) < 4.78 is 5.21. The molecule has 1 saturated heterocycles. The van der Waals surface area contributed by atoms with Crippen molar-refractivity contribution in [1.29, 1.82) is 0 Å². The third kappa shape index (κ3) is 3.52. The molecule has 1 N–H and O–H groups in total. The molecule has 6 heteroatoms. The van der Waals surface area contributed by atoms with Gasteiger partial charge in [-0.05, 0) is 25.2 Å². The van der Waals surface area contributed by atoms with Gasteiger partial charge in [0.1, 0.15) is 5.75 Å². The molecule has 0 bridgehead atoms. The largest absolute Gasteiger partial charge is 0.495 e. The molecular formula is C13H18ClN3O2. The fourth-order valence-electron chi connectivity index (χ4n) is 1.98. The van der Waals surface area contributed by atoms with E-state index in [2.05, 4.69) is 17.3 Å². The molecule has 0 spiro atoms. The predicted octanol–water partition coefficient (Wildman–Crippen LogP) is 2.13. The lowest BCUT2D eigenvalue weighted by atomic mass is 10.3. The maximum Gasteiger partial charge on any atom is 0.322 e. The molecule has 1 heterocycles. The highest BCUT2D eigenvalue weighted by molar-refractivity contribution is 6.31. The minimum absolute atomic E-state index is 0.117. The summed E-state index contributed by atoms with van der Waals surface area (Å²) in [6.07, 6.45) is 0. The summed E-state index contributed by atoms with van der Waals surface area (Å²) in [4.78, 5) is 16.1. The summed E-state index contributed by atoms with van der Waals surface area (Å²) in [7, 11) is 3.62. The number of ether oxygens (including phenoxy) is 1. The van der Waals surface area contributed by atoms with Crippen molar-refractivity contribution in [2.24, 2.45) is 0 Å². The van der Waals surface area contributed by atoms with E-state index in [1.807, 2.05) is 0 Å². The van der Waals surface area contributed by atoms with E-state index < -0.39 is 0 Å². The lowest BCUT2D eigenvalue weighted by Crippen LogP contribution is -2.48. The second-order valence-electron chi connectivity index (χ2n) is 4.57. The van der Waals surface area contributed by atoms with Crippen molar-refractivity contribution in [3.63, 3.8) is 0 Å². The number of carbonyl (C=O) groups is 1. The van der Waals surface area contributed by atoms with E-state index in [1.54, 1.807) is 30.2 Å². The normalized spacial score (nSPS) is 16.3. The van der Waals surface area contributed by atoms with E-state index in [1.165, 1.54) is 0 Å². The summed E-state index contributed by atoms with van der Waals surface area (Å²) in [5.74, 6) is 0.604. The van der Waals surface area contributed by atoms with Crippen molar-refractivity contribution < 1.29 is 9.53 Å². The average Bonchev–Trinajstić information content (AvgIpc) is 2.39. The molecule has 1 aromatic carbocycles. The van der Waals surface area contributed by atoms with Crippen molar-refractivity contribution in [2.45, 2.75) is 0 Å². The highest BCUT2D eigenvalue weighted by atomic mass is 35.5. The maximum atomic E-state index is 12.2. The van der Waals surface area contributed by atoms with Gasteiger partial charge < -0.3 is 19.9 Å². The van der Waals surface area contributed by atoms with Gasteiger partial charge in [-0.15, -0.1) is 0 Å². The predicted molar refractivity (Wildman–Crippen MR) is 76.1 cm³/mol. The quantitative estimate of drug-likeness (QED) is 0.904. The Morgan fingerprint density at radius 3 is 2.63 bits per heavy atom. The van der Waals surface area contributed by atoms with Crippen LogP contribution >= 0.6 is 11.6 Å². The van der Waals surface area contributed by atoms with Crippen molar-refractivity contribution in [1.82, 2.24) is 9.80 Å². The van der Waals surface area contributed by atoms with Crippen LogP contribution in [0.4, 0.5) is 10.5 Å². The Bertz CT molecular complexity index is 459. The Labute approximate surface area is 118 Å². The van der Waals surface area contributed by atoms with Crippen LogP contribution in [0.1, 0.15) is 0 Å². The number of amides is 2. The van der Waals surface area contributed by atoms with Gasteiger partial charge in [0.25, 0.3) is 0 Å². The fraction of sp³-hybridized carbons (Fsp3) is 0.462. The standard InChI is InChI=1S/C13H18ClN3O2/c1-16-5-7-17(8-6-16)13(18)15-11-9-10(14)3-4-12(11)19-2/h3-4,9H,5-8H2,1-2H3,(H,15,18). The highest BCUT2D eigenvalue weighted by Gasteiger charge is 2.19. The molecule has 1 aliphatic heterocycles. The van der Waals surface area contributed by atoms with Crippen molar-refractivity contribution in [3.8, 4) is 5.75 Å². The van der Waals surface area contributed by atoms with Gasteiger partial charge in [0.15, 0.2) is 0 Å². The van der Waals surface area contributed by atoms with Crippen LogP contribution in [0.25, 0.3) is 0 Å². The molecule has 19 heavy (non-hydrogen) atoms. The molecule has 0 saturated carbocycles. The number of rotatable bonds is 2. The van der Waals surface area contributed by atoms with Crippen LogP contribution in [0.2, 0.25) is 5.02 Å². The Morgan fingerprint density at radius 1 is 1.32 bits per heavy atom. The van der Waals surface area contributed by atoms with E-state index in [-0.39, 0.29) is 6.03 Å². The van der Waals surface area contributed by atoms with Crippen LogP contribution in [0.5, 0.6) is 5.75 Å². The summed E-state index contributed by atoms with van der Waals surface area (Å²) >= 11 is 5.94. The number of urea groups is 1. The summed E-state index contributed by atoms with van der Waals surface area (Å²) in [6.45, 7) is 3.23. The monoisotopic (exact) mass is 283 g/mol. The number of benzene rings is 1. The average molecular weight is 284 g/mol. The topological polar surface area (TPSA) is 44.8 Å². The van der Waals surface area contributed by atoms with Crippen LogP contribution in [0, 0.1) is 0 Å². The molecule has 104 valence electrons. The molecule has 0 aliphatic carbocycles. The number of nitrogens with one attached hydrogen (secondary N) is 1. The van der Waals surface area contributed by atoms with Crippen molar-refractivity contribution in [3.05, 3.63) is 23.2 Å². The molecule has 1 aliphatic rings. The van der Waals surface area contributed by atoms with Gasteiger partial charge in [0.2, 0.25) is 0 Å². The lowest BCUT2D eigenvalue weighted by molar-refractivity contribution is 0.164. The lowest BCUT2D eigenvalue weighted by Gasteiger charge is -2.32. The summed E-state index contributed by atoms with van der Waals surface area (Å²) in [6, 6.07) is 5.04. The number of piperazine rings is 1. The zero-order valence-corrected chi connectivity index (χ0v) is 11.9. The number of methoxy groups -OCH3 is 1. The highest BCUT2D eigenvalue weighted by Crippen LogP contribution is 2.27. The Hall–Kier alpha value is -1.46. The number of likely N-dealkylation sites (N-methyl/N-ethyl adjacent to an activating group) is 1. The van der Waals surface area contributed by atoms with Gasteiger partial charge in [-0.3, -0.25) is 0 Å². The van der Waals surface area contributed by atoms with E-state index in [0.717, 1.165) is 26.2 Å². The van der Waals surface area contributed by atoms with E-state index in [4.69, 9.17) is 16.3 Å².